The first kappa shape index (κ1) is 20.7. The van der Waals surface area contributed by atoms with E-state index in [2.05, 4.69) is 35.6 Å². The van der Waals surface area contributed by atoms with Crippen molar-refractivity contribution in [3.8, 4) is 0 Å². The van der Waals surface area contributed by atoms with Crippen LogP contribution in [0.5, 0.6) is 0 Å². The standard InChI is InChI=1S/C23H37N5O/c1-16(2)27-14-21-9-10-22(15-27)28(21)23-24-11-18(12-25-23)13-26(4)20-7-5-19(6-8-20)17(3)29/h11-12,16,19-22H,5-10,13-15H2,1-4H3. The number of fused-ring (bicyclic) bond motifs is 2. The molecule has 4 rings (SSSR count). The fourth-order valence-electron chi connectivity index (χ4n) is 5.59. The minimum atomic E-state index is 0.286. The van der Waals surface area contributed by atoms with Crippen molar-refractivity contribution in [2.24, 2.45) is 5.92 Å². The zero-order valence-electron chi connectivity index (χ0n) is 18.5. The molecule has 1 saturated carbocycles. The Hall–Kier alpha value is -1.53. The molecule has 1 aromatic heterocycles. The van der Waals surface area contributed by atoms with Gasteiger partial charge in [0, 0.05) is 67.7 Å². The molecule has 2 bridgehead atoms. The molecule has 0 radical (unpaired) electrons. The second kappa shape index (κ2) is 8.68. The van der Waals surface area contributed by atoms with Crippen molar-refractivity contribution in [2.45, 2.75) is 90.0 Å². The SMILES string of the molecule is CC(=O)C1CCC(N(C)Cc2cnc(N3C4CCC3CN(C(C)C)C4)nc2)CC1. The van der Waals surface area contributed by atoms with Gasteiger partial charge in [0.25, 0.3) is 0 Å². The molecule has 0 N–H and O–H groups in total. The Labute approximate surface area is 175 Å². The smallest absolute Gasteiger partial charge is 0.225 e. The molecule has 0 aromatic carbocycles. The summed E-state index contributed by atoms with van der Waals surface area (Å²) in [5.74, 6) is 1.56. The van der Waals surface area contributed by atoms with Gasteiger partial charge in [-0.1, -0.05) is 0 Å². The number of carbonyl (C=O) groups is 1. The Kier molecular flexibility index (Phi) is 6.21. The summed E-state index contributed by atoms with van der Waals surface area (Å²) in [5.41, 5.74) is 1.18. The molecule has 3 heterocycles. The summed E-state index contributed by atoms with van der Waals surface area (Å²) in [4.78, 5) is 28.6. The average molecular weight is 400 g/mol. The maximum atomic E-state index is 11.6. The molecule has 0 amide bonds. The predicted molar refractivity (Wildman–Crippen MR) is 116 cm³/mol. The Morgan fingerprint density at radius 2 is 1.66 bits per heavy atom. The summed E-state index contributed by atoms with van der Waals surface area (Å²) >= 11 is 0. The number of Topliss-reactive ketones (excluding diaryl/α,β-unsaturated/α-hetero) is 1. The molecular weight excluding hydrogens is 362 g/mol. The second-order valence-electron chi connectivity index (χ2n) is 9.76. The molecule has 2 saturated heterocycles. The minimum absolute atomic E-state index is 0.286. The van der Waals surface area contributed by atoms with E-state index >= 15 is 0 Å². The van der Waals surface area contributed by atoms with Crippen LogP contribution in [-0.4, -0.2) is 69.9 Å². The van der Waals surface area contributed by atoms with Crippen LogP contribution in [0.15, 0.2) is 12.4 Å². The van der Waals surface area contributed by atoms with Crippen LogP contribution in [0.25, 0.3) is 0 Å². The van der Waals surface area contributed by atoms with Gasteiger partial charge < -0.3 is 4.90 Å². The molecule has 2 atom stereocenters. The Bertz CT molecular complexity index is 684. The average Bonchev–Trinajstić information content (AvgIpc) is 2.97. The van der Waals surface area contributed by atoms with Crippen LogP contribution in [0.1, 0.15) is 64.9 Å². The third kappa shape index (κ3) is 4.48. The van der Waals surface area contributed by atoms with Gasteiger partial charge in [0.2, 0.25) is 5.95 Å². The zero-order chi connectivity index (χ0) is 20.5. The summed E-state index contributed by atoms with van der Waals surface area (Å²) in [6.07, 6.45) is 10.8. The van der Waals surface area contributed by atoms with Gasteiger partial charge in [-0.25, -0.2) is 9.97 Å². The van der Waals surface area contributed by atoms with Crippen molar-refractivity contribution in [3.63, 3.8) is 0 Å². The molecule has 2 unspecified atom stereocenters. The first-order valence-electron chi connectivity index (χ1n) is 11.5. The van der Waals surface area contributed by atoms with Gasteiger partial charge in [-0.2, -0.15) is 0 Å². The van der Waals surface area contributed by atoms with Crippen molar-refractivity contribution in [3.05, 3.63) is 18.0 Å². The van der Waals surface area contributed by atoms with Crippen molar-refractivity contribution >= 4 is 11.7 Å². The van der Waals surface area contributed by atoms with Gasteiger partial charge >= 0.3 is 0 Å². The van der Waals surface area contributed by atoms with Crippen LogP contribution in [-0.2, 0) is 11.3 Å². The molecule has 0 spiro atoms. The van der Waals surface area contributed by atoms with Crippen LogP contribution in [0.4, 0.5) is 5.95 Å². The third-order valence-electron chi connectivity index (χ3n) is 7.49. The number of likely N-dealkylation sites (tertiary alicyclic amines) is 1. The van der Waals surface area contributed by atoms with E-state index in [1.54, 1.807) is 6.92 Å². The van der Waals surface area contributed by atoms with E-state index in [1.807, 2.05) is 12.4 Å². The van der Waals surface area contributed by atoms with Gasteiger partial charge in [0.15, 0.2) is 0 Å². The van der Waals surface area contributed by atoms with Crippen LogP contribution in [0.2, 0.25) is 0 Å². The zero-order valence-corrected chi connectivity index (χ0v) is 18.5. The summed E-state index contributed by atoms with van der Waals surface area (Å²) in [6, 6.07) is 2.29. The minimum Gasteiger partial charge on any atom is -0.332 e. The molecular formula is C23H37N5O. The molecule has 1 aliphatic carbocycles. The van der Waals surface area contributed by atoms with Crippen LogP contribution in [0.3, 0.4) is 0 Å². The number of piperazine rings is 1. The monoisotopic (exact) mass is 399 g/mol. The summed E-state index contributed by atoms with van der Waals surface area (Å²) < 4.78 is 0. The number of anilines is 1. The van der Waals surface area contributed by atoms with Gasteiger partial charge in [0.1, 0.15) is 5.78 Å². The van der Waals surface area contributed by atoms with E-state index in [4.69, 9.17) is 9.97 Å². The van der Waals surface area contributed by atoms with E-state index in [1.165, 1.54) is 18.4 Å². The lowest BCUT2D eigenvalue weighted by Crippen LogP contribution is -2.56. The number of nitrogens with zero attached hydrogens (tertiary/aromatic N) is 5. The molecule has 6 nitrogen and oxygen atoms in total. The molecule has 160 valence electrons. The highest BCUT2D eigenvalue weighted by molar-refractivity contribution is 5.78. The molecule has 29 heavy (non-hydrogen) atoms. The Morgan fingerprint density at radius 3 is 2.17 bits per heavy atom. The number of rotatable bonds is 6. The predicted octanol–water partition coefficient (Wildman–Crippen LogP) is 3.12. The largest absolute Gasteiger partial charge is 0.332 e. The van der Waals surface area contributed by atoms with Crippen molar-refractivity contribution < 1.29 is 4.79 Å². The number of hydrogen-bond acceptors (Lipinski definition) is 6. The maximum Gasteiger partial charge on any atom is 0.225 e. The summed E-state index contributed by atoms with van der Waals surface area (Å²) in [5, 5.41) is 0. The maximum absolute atomic E-state index is 11.6. The molecule has 1 aromatic rings. The van der Waals surface area contributed by atoms with Gasteiger partial charge in [-0.3, -0.25) is 14.6 Å². The summed E-state index contributed by atoms with van der Waals surface area (Å²) in [6.45, 7) is 9.47. The second-order valence-corrected chi connectivity index (χ2v) is 9.76. The number of ketones is 1. The summed E-state index contributed by atoms with van der Waals surface area (Å²) in [7, 11) is 2.19. The topological polar surface area (TPSA) is 52.6 Å². The molecule has 2 aliphatic heterocycles. The Morgan fingerprint density at radius 1 is 1.07 bits per heavy atom. The van der Waals surface area contributed by atoms with Crippen LogP contribution < -0.4 is 4.90 Å². The highest BCUT2D eigenvalue weighted by atomic mass is 16.1. The van der Waals surface area contributed by atoms with Crippen molar-refractivity contribution in [2.75, 3.05) is 25.0 Å². The van der Waals surface area contributed by atoms with Gasteiger partial charge in [-0.15, -0.1) is 0 Å². The normalized spacial score (nSPS) is 30.3. The lowest BCUT2D eigenvalue weighted by atomic mass is 9.83. The van der Waals surface area contributed by atoms with E-state index < -0.39 is 0 Å². The molecule has 3 aliphatic rings. The fraction of sp³-hybridized carbons (Fsp3) is 0.783. The van der Waals surface area contributed by atoms with E-state index in [0.29, 0.717) is 30.0 Å². The van der Waals surface area contributed by atoms with Crippen LogP contribution in [0, 0.1) is 5.92 Å². The van der Waals surface area contributed by atoms with E-state index in [0.717, 1.165) is 51.3 Å². The lowest BCUT2D eigenvalue weighted by molar-refractivity contribution is -0.122. The number of carbonyl (C=O) groups excluding carboxylic acids is 1. The van der Waals surface area contributed by atoms with Crippen molar-refractivity contribution in [1.29, 1.82) is 0 Å². The van der Waals surface area contributed by atoms with Gasteiger partial charge in [-0.05, 0) is 66.3 Å². The number of aromatic nitrogens is 2. The lowest BCUT2D eigenvalue weighted by Gasteiger charge is -2.42. The quantitative estimate of drug-likeness (QED) is 0.733. The number of hydrogen-bond donors (Lipinski definition) is 0. The molecule has 6 heteroatoms. The first-order valence-corrected chi connectivity index (χ1v) is 11.5. The Balaban J connectivity index is 1.34. The fourth-order valence-corrected chi connectivity index (χ4v) is 5.59. The van der Waals surface area contributed by atoms with Crippen LogP contribution >= 0.6 is 0 Å². The van der Waals surface area contributed by atoms with E-state index in [-0.39, 0.29) is 5.92 Å². The van der Waals surface area contributed by atoms with Crippen molar-refractivity contribution in [1.82, 2.24) is 19.8 Å². The highest BCUT2D eigenvalue weighted by Crippen LogP contribution is 2.34. The first-order chi connectivity index (χ1) is 13.9. The highest BCUT2D eigenvalue weighted by Gasteiger charge is 2.41. The van der Waals surface area contributed by atoms with Gasteiger partial charge in [0.05, 0.1) is 0 Å². The third-order valence-corrected chi connectivity index (χ3v) is 7.49. The molecule has 3 fully saturated rings. The van der Waals surface area contributed by atoms with E-state index in [9.17, 15) is 4.79 Å².